The maximum absolute atomic E-state index is 6.27. The summed E-state index contributed by atoms with van der Waals surface area (Å²) in [6.07, 6.45) is 0. The molecule has 2 aromatic carbocycles. The van der Waals surface area contributed by atoms with Crippen LogP contribution in [-0.2, 0) is 13.1 Å². The van der Waals surface area contributed by atoms with Gasteiger partial charge in [0, 0.05) is 13.1 Å². The summed E-state index contributed by atoms with van der Waals surface area (Å²) in [4.78, 5) is 0. The van der Waals surface area contributed by atoms with E-state index in [4.69, 9.17) is 21.1 Å². The summed E-state index contributed by atoms with van der Waals surface area (Å²) >= 11 is 6.27. The third kappa shape index (κ3) is 5.61. The second-order valence-electron chi connectivity index (χ2n) is 5.13. The summed E-state index contributed by atoms with van der Waals surface area (Å²) < 4.78 is 10.9. The smallest absolute Gasteiger partial charge is 0.179 e. The van der Waals surface area contributed by atoms with Crippen LogP contribution in [0.25, 0.3) is 0 Å². The average molecular weight is 356 g/mol. The van der Waals surface area contributed by atoms with Crippen molar-refractivity contribution in [2.75, 3.05) is 13.7 Å². The summed E-state index contributed by atoms with van der Waals surface area (Å²) in [5.74, 6) is 1.27. The van der Waals surface area contributed by atoms with E-state index in [0.29, 0.717) is 23.1 Å². The van der Waals surface area contributed by atoms with E-state index in [1.54, 1.807) is 7.11 Å². The lowest BCUT2D eigenvalue weighted by molar-refractivity contribution is 0.311. The molecule has 2 rings (SSSR count). The highest BCUT2D eigenvalue weighted by atomic mass is 35.5. The van der Waals surface area contributed by atoms with Crippen LogP contribution in [0.1, 0.15) is 23.6 Å². The molecule has 126 valence electrons. The van der Waals surface area contributed by atoms with Gasteiger partial charge in [0.1, 0.15) is 0 Å². The van der Waals surface area contributed by atoms with Gasteiger partial charge in [0.2, 0.25) is 0 Å². The normalized spacial score (nSPS) is 10.1. The number of rotatable bonds is 7. The predicted molar refractivity (Wildman–Crippen MR) is 98.1 cm³/mol. The molecule has 0 aliphatic rings. The number of halogens is 2. The maximum Gasteiger partial charge on any atom is 0.179 e. The topological polar surface area (TPSA) is 30.5 Å². The molecule has 0 heterocycles. The molecule has 0 unspecified atom stereocenters. The number of hydrogen-bond acceptors (Lipinski definition) is 3. The monoisotopic (exact) mass is 355 g/mol. The van der Waals surface area contributed by atoms with Crippen molar-refractivity contribution in [1.82, 2.24) is 5.32 Å². The molecular weight excluding hydrogens is 333 g/mol. The molecule has 23 heavy (non-hydrogen) atoms. The van der Waals surface area contributed by atoms with Crippen molar-refractivity contribution in [1.29, 1.82) is 0 Å². The largest absolute Gasteiger partial charge is 0.493 e. The Balaban J connectivity index is 0.00000264. The molecule has 0 saturated carbocycles. The molecular formula is C18H23Cl2NO2. The minimum Gasteiger partial charge on any atom is -0.493 e. The molecule has 5 heteroatoms. The number of nitrogens with one attached hydrogen (secondary N) is 1. The van der Waals surface area contributed by atoms with Crippen molar-refractivity contribution in [2.45, 2.75) is 26.9 Å². The Morgan fingerprint density at radius 1 is 1.04 bits per heavy atom. The van der Waals surface area contributed by atoms with E-state index in [1.807, 2.05) is 19.1 Å². The lowest BCUT2D eigenvalue weighted by atomic mass is 10.1. The number of benzene rings is 2. The zero-order valence-electron chi connectivity index (χ0n) is 13.7. The van der Waals surface area contributed by atoms with Gasteiger partial charge in [-0.05, 0) is 37.1 Å². The molecule has 0 spiro atoms. The highest BCUT2D eigenvalue weighted by Gasteiger charge is 2.11. The van der Waals surface area contributed by atoms with E-state index in [-0.39, 0.29) is 12.4 Å². The first-order valence-electron chi connectivity index (χ1n) is 7.39. The predicted octanol–water partition coefficient (Wildman–Crippen LogP) is 4.77. The van der Waals surface area contributed by atoms with Crippen LogP contribution in [0.5, 0.6) is 11.5 Å². The fourth-order valence-electron chi connectivity index (χ4n) is 2.22. The van der Waals surface area contributed by atoms with E-state index in [0.717, 1.165) is 18.7 Å². The SMILES string of the molecule is CCOc1c(Cl)cc(CNCc2ccc(C)cc2)cc1OC.Cl. The Hall–Kier alpha value is -1.42. The highest BCUT2D eigenvalue weighted by molar-refractivity contribution is 6.32. The van der Waals surface area contributed by atoms with Gasteiger partial charge in [-0.3, -0.25) is 0 Å². The fourth-order valence-corrected chi connectivity index (χ4v) is 2.50. The third-order valence-electron chi connectivity index (χ3n) is 3.36. The summed E-state index contributed by atoms with van der Waals surface area (Å²) in [7, 11) is 1.62. The molecule has 0 amide bonds. The van der Waals surface area contributed by atoms with Crippen LogP contribution in [-0.4, -0.2) is 13.7 Å². The van der Waals surface area contributed by atoms with Gasteiger partial charge in [-0.1, -0.05) is 41.4 Å². The van der Waals surface area contributed by atoms with Crippen molar-refractivity contribution < 1.29 is 9.47 Å². The second kappa shape index (κ2) is 9.66. The Morgan fingerprint density at radius 3 is 2.30 bits per heavy atom. The molecule has 3 nitrogen and oxygen atoms in total. The standard InChI is InChI=1S/C18H22ClNO2.ClH/c1-4-22-18-16(19)9-15(10-17(18)21-3)12-20-11-14-7-5-13(2)6-8-14;/h5-10,20H,4,11-12H2,1-3H3;1H. The molecule has 0 saturated heterocycles. The number of ether oxygens (including phenoxy) is 2. The molecule has 2 aromatic rings. The van der Waals surface area contributed by atoms with Crippen LogP contribution in [0.2, 0.25) is 5.02 Å². The highest BCUT2D eigenvalue weighted by Crippen LogP contribution is 2.36. The van der Waals surface area contributed by atoms with Crippen LogP contribution < -0.4 is 14.8 Å². The van der Waals surface area contributed by atoms with Gasteiger partial charge in [0.15, 0.2) is 11.5 Å². The van der Waals surface area contributed by atoms with Gasteiger partial charge in [-0.15, -0.1) is 12.4 Å². The van der Waals surface area contributed by atoms with Gasteiger partial charge in [0.25, 0.3) is 0 Å². The molecule has 0 aromatic heterocycles. The molecule has 0 aliphatic heterocycles. The Kier molecular flexibility index (Phi) is 8.24. The third-order valence-corrected chi connectivity index (χ3v) is 3.64. The average Bonchev–Trinajstić information content (AvgIpc) is 2.51. The Bertz CT molecular complexity index is 615. The lowest BCUT2D eigenvalue weighted by Crippen LogP contribution is -2.13. The lowest BCUT2D eigenvalue weighted by Gasteiger charge is -2.13. The van der Waals surface area contributed by atoms with E-state index in [2.05, 4.69) is 36.5 Å². The first-order valence-corrected chi connectivity index (χ1v) is 7.77. The van der Waals surface area contributed by atoms with Crippen molar-refractivity contribution in [2.24, 2.45) is 0 Å². The molecule has 0 bridgehead atoms. The fraction of sp³-hybridized carbons (Fsp3) is 0.333. The maximum atomic E-state index is 6.27. The number of methoxy groups -OCH3 is 1. The first kappa shape index (κ1) is 19.6. The van der Waals surface area contributed by atoms with Gasteiger partial charge in [-0.2, -0.15) is 0 Å². The minimum absolute atomic E-state index is 0. The van der Waals surface area contributed by atoms with E-state index in [9.17, 15) is 0 Å². The number of hydrogen-bond donors (Lipinski definition) is 1. The van der Waals surface area contributed by atoms with E-state index < -0.39 is 0 Å². The van der Waals surface area contributed by atoms with Gasteiger partial charge >= 0.3 is 0 Å². The Labute approximate surface area is 149 Å². The second-order valence-corrected chi connectivity index (χ2v) is 5.54. The van der Waals surface area contributed by atoms with Gasteiger partial charge < -0.3 is 14.8 Å². The quantitative estimate of drug-likeness (QED) is 0.775. The van der Waals surface area contributed by atoms with Crippen molar-refractivity contribution in [3.05, 3.63) is 58.1 Å². The minimum atomic E-state index is 0. The summed E-state index contributed by atoms with van der Waals surface area (Å²) in [6, 6.07) is 12.4. The van der Waals surface area contributed by atoms with Crippen LogP contribution in [0.4, 0.5) is 0 Å². The molecule has 0 radical (unpaired) electrons. The van der Waals surface area contributed by atoms with Crippen LogP contribution >= 0.6 is 24.0 Å². The molecule has 1 N–H and O–H groups in total. The summed E-state index contributed by atoms with van der Waals surface area (Å²) in [5, 5.41) is 3.99. The molecule has 0 aliphatic carbocycles. The van der Waals surface area contributed by atoms with Gasteiger partial charge in [-0.25, -0.2) is 0 Å². The van der Waals surface area contributed by atoms with Gasteiger partial charge in [0.05, 0.1) is 18.7 Å². The summed E-state index contributed by atoms with van der Waals surface area (Å²) in [6.45, 7) is 6.10. The number of aryl methyl sites for hydroxylation is 1. The molecule has 0 atom stereocenters. The van der Waals surface area contributed by atoms with Crippen molar-refractivity contribution in [3.8, 4) is 11.5 Å². The first-order chi connectivity index (χ1) is 10.6. The van der Waals surface area contributed by atoms with Crippen molar-refractivity contribution >= 4 is 24.0 Å². The van der Waals surface area contributed by atoms with Crippen LogP contribution in [0.15, 0.2) is 36.4 Å². The van der Waals surface area contributed by atoms with Crippen LogP contribution in [0, 0.1) is 6.92 Å². The zero-order chi connectivity index (χ0) is 15.9. The summed E-state index contributed by atoms with van der Waals surface area (Å²) in [5.41, 5.74) is 3.60. The zero-order valence-corrected chi connectivity index (χ0v) is 15.3. The van der Waals surface area contributed by atoms with Crippen LogP contribution in [0.3, 0.4) is 0 Å². The van der Waals surface area contributed by atoms with E-state index in [1.165, 1.54) is 11.1 Å². The Morgan fingerprint density at radius 2 is 1.70 bits per heavy atom. The molecule has 0 fully saturated rings. The van der Waals surface area contributed by atoms with E-state index >= 15 is 0 Å². The van der Waals surface area contributed by atoms with Crippen molar-refractivity contribution in [3.63, 3.8) is 0 Å².